The summed E-state index contributed by atoms with van der Waals surface area (Å²) in [6.07, 6.45) is -0.302. The number of halogens is 3. The highest BCUT2D eigenvalue weighted by molar-refractivity contribution is 9.10. The molecule has 2 aliphatic rings. The number of esters is 1. The Bertz CT molecular complexity index is 647. The molecule has 1 aliphatic carbocycles. The first-order valence-electron chi connectivity index (χ1n) is 5.91. The number of nitrogens with one attached hydrogen (secondary N) is 1. The monoisotopic (exact) mass is 345 g/mol. The minimum atomic E-state index is -2.84. The van der Waals surface area contributed by atoms with Crippen LogP contribution >= 0.6 is 15.9 Å². The van der Waals surface area contributed by atoms with Crippen molar-refractivity contribution in [2.45, 2.75) is 17.8 Å². The summed E-state index contributed by atoms with van der Waals surface area (Å²) in [5, 5.41) is 2.47. The van der Waals surface area contributed by atoms with Gasteiger partial charge in [0.05, 0.1) is 18.1 Å². The molecule has 1 heterocycles. The van der Waals surface area contributed by atoms with E-state index >= 15 is 0 Å². The standard InChI is InChI=1S/C13H10BrF2NO3/c1-20-11(19)6-2-7-9(8(14)3-6)12(4-13(12,15)16)5-17-10(7)18/h2-3H,4-5H2,1H3,(H,17,18). The van der Waals surface area contributed by atoms with Crippen LogP contribution in [0.1, 0.15) is 32.7 Å². The number of alkyl halides is 2. The van der Waals surface area contributed by atoms with E-state index in [2.05, 4.69) is 26.0 Å². The molecule has 0 aromatic heterocycles. The molecule has 1 aromatic rings. The van der Waals surface area contributed by atoms with E-state index in [9.17, 15) is 18.4 Å². The van der Waals surface area contributed by atoms with E-state index in [1.807, 2.05) is 0 Å². The van der Waals surface area contributed by atoms with E-state index in [-0.39, 0.29) is 29.7 Å². The molecule has 1 aliphatic heterocycles. The molecule has 106 valence electrons. The number of hydrogen-bond donors (Lipinski definition) is 1. The molecular weight excluding hydrogens is 336 g/mol. The molecule has 1 spiro atoms. The smallest absolute Gasteiger partial charge is 0.337 e. The number of ether oxygens (including phenoxy) is 1. The van der Waals surface area contributed by atoms with Crippen LogP contribution in [0.2, 0.25) is 0 Å². The Labute approximate surface area is 121 Å². The third-order valence-corrected chi connectivity index (χ3v) is 4.51. The first-order chi connectivity index (χ1) is 9.32. The maximum atomic E-state index is 13.7. The zero-order valence-electron chi connectivity index (χ0n) is 10.4. The molecule has 0 saturated heterocycles. The molecule has 1 amide bonds. The molecule has 0 bridgehead atoms. The number of carbonyl (C=O) groups is 2. The van der Waals surface area contributed by atoms with Crippen molar-refractivity contribution >= 4 is 27.8 Å². The van der Waals surface area contributed by atoms with Gasteiger partial charge >= 0.3 is 5.97 Å². The summed E-state index contributed by atoms with van der Waals surface area (Å²) in [7, 11) is 1.21. The highest BCUT2D eigenvalue weighted by atomic mass is 79.9. The highest BCUT2D eigenvalue weighted by Crippen LogP contribution is 2.64. The summed E-state index contributed by atoms with van der Waals surface area (Å²) < 4.78 is 32.4. The third kappa shape index (κ3) is 1.62. The Morgan fingerprint density at radius 3 is 2.65 bits per heavy atom. The van der Waals surface area contributed by atoms with Gasteiger partial charge in [0.2, 0.25) is 0 Å². The van der Waals surface area contributed by atoms with Crippen molar-refractivity contribution < 1.29 is 23.1 Å². The van der Waals surface area contributed by atoms with Crippen LogP contribution in [0.4, 0.5) is 8.78 Å². The second-order valence-corrected chi connectivity index (χ2v) is 5.87. The van der Waals surface area contributed by atoms with Gasteiger partial charge in [-0.15, -0.1) is 0 Å². The second-order valence-electron chi connectivity index (χ2n) is 5.02. The van der Waals surface area contributed by atoms with Crippen molar-refractivity contribution in [2.75, 3.05) is 13.7 Å². The minimum Gasteiger partial charge on any atom is -0.465 e. The van der Waals surface area contributed by atoms with Crippen LogP contribution in [0, 0.1) is 0 Å². The molecule has 3 rings (SSSR count). The van der Waals surface area contributed by atoms with E-state index in [1.165, 1.54) is 19.2 Å². The van der Waals surface area contributed by atoms with Crippen molar-refractivity contribution in [3.05, 3.63) is 33.3 Å². The maximum Gasteiger partial charge on any atom is 0.337 e. The van der Waals surface area contributed by atoms with Gasteiger partial charge in [0.1, 0.15) is 0 Å². The summed E-state index contributed by atoms with van der Waals surface area (Å²) in [5.74, 6) is -3.92. The van der Waals surface area contributed by atoms with Crippen molar-refractivity contribution in [2.24, 2.45) is 0 Å². The largest absolute Gasteiger partial charge is 0.465 e. The quantitative estimate of drug-likeness (QED) is 0.794. The molecule has 1 fully saturated rings. The van der Waals surface area contributed by atoms with Gasteiger partial charge in [-0.2, -0.15) is 0 Å². The fourth-order valence-electron chi connectivity index (χ4n) is 2.72. The molecule has 1 unspecified atom stereocenters. The van der Waals surface area contributed by atoms with Crippen LogP contribution in [0.3, 0.4) is 0 Å². The van der Waals surface area contributed by atoms with Gasteiger partial charge in [-0.1, -0.05) is 15.9 Å². The average molecular weight is 346 g/mol. The van der Waals surface area contributed by atoms with Crippen LogP contribution < -0.4 is 5.32 Å². The van der Waals surface area contributed by atoms with E-state index < -0.39 is 23.2 Å². The molecule has 7 heteroatoms. The predicted octanol–water partition coefficient (Wildman–Crippen LogP) is 2.26. The molecule has 1 saturated carbocycles. The lowest BCUT2D eigenvalue weighted by molar-refractivity contribution is 0.0600. The van der Waals surface area contributed by atoms with Crippen LogP contribution in [0.25, 0.3) is 0 Å². The SMILES string of the molecule is COC(=O)c1cc(Br)c2c(c1)C(=O)NCC21CC1(F)F. The summed E-state index contributed by atoms with van der Waals surface area (Å²) >= 11 is 3.20. The number of methoxy groups -OCH3 is 1. The summed E-state index contributed by atoms with van der Waals surface area (Å²) in [6, 6.07) is 2.72. The summed E-state index contributed by atoms with van der Waals surface area (Å²) in [6.45, 7) is -0.0952. The number of hydrogen-bond acceptors (Lipinski definition) is 3. The molecule has 1 N–H and O–H groups in total. The van der Waals surface area contributed by atoms with Gasteiger partial charge in [0, 0.05) is 23.0 Å². The van der Waals surface area contributed by atoms with E-state index in [0.29, 0.717) is 4.47 Å². The first kappa shape index (κ1) is 13.5. The predicted molar refractivity (Wildman–Crippen MR) is 69.1 cm³/mol. The normalized spacial score (nSPS) is 25.9. The van der Waals surface area contributed by atoms with Gasteiger partial charge in [-0.3, -0.25) is 4.79 Å². The number of rotatable bonds is 1. The second kappa shape index (κ2) is 4.00. The van der Waals surface area contributed by atoms with Crippen molar-refractivity contribution in [1.82, 2.24) is 5.32 Å². The summed E-state index contributed by atoms with van der Waals surface area (Å²) in [4.78, 5) is 23.4. The Morgan fingerprint density at radius 2 is 2.10 bits per heavy atom. The lowest BCUT2D eigenvalue weighted by Crippen LogP contribution is -2.42. The Kier molecular flexibility index (Phi) is 2.70. The highest BCUT2D eigenvalue weighted by Gasteiger charge is 2.74. The molecule has 1 aromatic carbocycles. The molecule has 0 radical (unpaired) electrons. The Morgan fingerprint density at radius 1 is 1.45 bits per heavy atom. The van der Waals surface area contributed by atoms with Crippen molar-refractivity contribution in [1.29, 1.82) is 0 Å². The fourth-order valence-corrected chi connectivity index (χ4v) is 3.56. The fraction of sp³-hybridized carbons (Fsp3) is 0.385. The third-order valence-electron chi connectivity index (χ3n) is 3.88. The number of carbonyl (C=O) groups excluding carboxylic acids is 2. The van der Waals surface area contributed by atoms with Gasteiger partial charge < -0.3 is 10.1 Å². The molecule has 1 atom stereocenters. The number of amides is 1. The lowest BCUT2D eigenvalue weighted by atomic mass is 9.86. The van der Waals surface area contributed by atoms with Gasteiger partial charge in [-0.25, -0.2) is 13.6 Å². The minimum absolute atomic E-state index is 0.0952. The van der Waals surface area contributed by atoms with E-state index in [4.69, 9.17) is 0 Å². The first-order valence-corrected chi connectivity index (χ1v) is 6.70. The maximum absolute atomic E-state index is 13.7. The van der Waals surface area contributed by atoms with Crippen LogP contribution in [-0.4, -0.2) is 31.5 Å². The van der Waals surface area contributed by atoms with Crippen LogP contribution in [-0.2, 0) is 10.2 Å². The molecule has 4 nitrogen and oxygen atoms in total. The zero-order valence-corrected chi connectivity index (χ0v) is 12.0. The zero-order chi connectivity index (χ0) is 14.7. The van der Waals surface area contributed by atoms with Crippen molar-refractivity contribution in [3.8, 4) is 0 Å². The van der Waals surface area contributed by atoms with Gasteiger partial charge in [0.25, 0.3) is 11.8 Å². The van der Waals surface area contributed by atoms with Gasteiger partial charge in [-0.05, 0) is 17.7 Å². The van der Waals surface area contributed by atoms with Crippen molar-refractivity contribution in [3.63, 3.8) is 0 Å². The van der Waals surface area contributed by atoms with Crippen LogP contribution in [0.5, 0.6) is 0 Å². The number of benzene rings is 1. The number of fused-ring (bicyclic) bond motifs is 2. The topological polar surface area (TPSA) is 55.4 Å². The summed E-state index contributed by atoms with van der Waals surface area (Å²) in [5.41, 5.74) is -0.833. The molecular formula is C13H10BrF2NO3. The average Bonchev–Trinajstić information content (AvgIpc) is 2.94. The van der Waals surface area contributed by atoms with E-state index in [1.54, 1.807) is 0 Å². The van der Waals surface area contributed by atoms with Crippen LogP contribution in [0.15, 0.2) is 16.6 Å². The molecule has 20 heavy (non-hydrogen) atoms. The Balaban J connectivity index is 2.20. The van der Waals surface area contributed by atoms with Gasteiger partial charge in [0.15, 0.2) is 0 Å². The lowest BCUT2D eigenvalue weighted by Gasteiger charge is -2.27. The van der Waals surface area contributed by atoms with E-state index in [0.717, 1.165) is 0 Å². The Hall–Kier alpha value is -1.50.